The maximum Gasteiger partial charge on any atom is 0.276 e. The Balaban J connectivity index is 1.33. The van der Waals surface area contributed by atoms with E-state index in [1.54, 1.807) is 6.07 Å². The van der Waals surface area contributed by atoms with E-state index in [1.165, 1.54) is 0 Å². The van der Waals surface area contributed by atoms with Gasteiger partial charge >= 0.3 is 0 Å². The molecule has 0 bridgehead atoms. The quantitative estimate of drug-likeness (QED) is 0.794. The Morgan fingerprint density at radius 3 is 2.57 bits per heavy atom. The summed E-state index contributed by atoms with van der Waals surface area (Å²) in [5.41, 5.74) is 1.26. The van der Waals surface area contributed by atoms with Crippen LogP contribution in [0.15, 0.2) is 40.9 Å². The number of carbonyl (C=O) groups is 2. The van der Waals surface area contributed by atoms with Gasteiger partial charge < -0.3 is 14.3 Å². The van der Waals surface area contributed by atoms with E-state index in [2.05, 4.69) is 5.16 Å². The van der Waals surface area contributed by atoms with E-state index in [-0.39, 0.29) is 11.8 Å². The van der Waals surface area contributed by atoms with Gasteiger partial charge in [-0.15, -0.1) is 0 Å². The minimum atomic E-state index is -0.0819. The van der Waals surface area contributed by atoms with E-state index < -0.39 is 0 Å². The van der Waals surface area contributed by atoms with Crippen LogP contribution in [0.5, 0.6) is 0 Å². The lowest BCUT2D eigenvalue weighted by atomic mass is 9.93. The van der Waals surface area contributed by atoms with Crippen LogP contribution in [0.1, 0.15) is 49.0 Å². The number of piperidine rings is 1. The number of aromatic nitrogens is 1. The van der Waals surface area contributed by atoms with Gasteiger partial charge in [-0.2, -0.15) is 0 Å². The highest BCUT2D eigenvalue weighted by Crippen LogP contribution is 2.25. The molecular formula is C22H27N3O3. The Bertz CT molecular complexity index is 811. The summed E-state index contributed by atoms with van der Waals surface area (Å²) < 4.78 is 5.38. The molecule has 2 amide bonds. The number of likely N-dealkylation sites (tertiary alicyclic amines) is 2. The van der Waals surface area contributed by atoms with Gasteiger partial charge in [-0.3, -0.25) is 9.59 Å². The minimum Gasteiger partial charge on any atom is -0.355 e. The fourth-order valence-corrected chi connectivity index (χ4v) is 4.21. The van der Waals surface area contributed by atoms with Crippen molar-refractivity contribution in [3.05, 3.63) is 42.1 Å². The monoisotopic (exact) mass is 381 g/mol. The third-order valence-electron chi connectivity index (χ3n) is 5.82. The molecule has 4 rings (SSSR count). The first kappa shape index (κ1) is 18.7. The molecule has 1 aromatic carbocycles. The largest absolute Gasteiger partial charge is 0.355 e. The SMILES string of the molecule is O=C(CC[C@@H]1CCCN(C(=O)c2cc(-c3ccccc3)on2)C1)N1CCCC1. The fourth-order valence-electron chi connectivity index (χ4n) is 4.21. The first-order valence-electron chi connectivity index (χ1n) is 10.3. The van der Waals surface area contributed by atoms with Gasteiger partial charge in [-0.1, -0.05) is 35.5 Å². The smallest absolute Gasteiger partial charge is 0.276 e. The molecule has 2 fully saturated rings. The van der Waals surface area contributed by atoms with Crippen LogP contribution >= 0.6 is 0 Å². The number of hydrogen-bond donors (Lipinski definition) is 0. The Hall–Kier alpha value is -2.63. The van der Waals surface area contributed by atoms with Gasteiger partial charge in [0.2, 0.25) is 5.91 Å². The van der Waals surface area contributed by atoms with Crippen LogP contribution in [0.2, 0.25) is 0 Å². The number of amides is 2. The van der Waals surface area contributed by atoms with E-state index in [0.717, 1.165) is 57.3 Å². The average Bonchev–Trinajstić information content (AvgIpc) is 3.45. The molecule has 2 aromatic rings. The second-order valence-corrected chi connectivity index (χ2v) is 7.83. The number of nitrogens with zero attached hydrogens (tertiary/aromatic N) is 3. The molecule has 6 nitrogen and oxygen atoms in total. The lowest BCUT2D eigenvalue weighted by molar-refractivity contribution is -0.130. The second-order valence-electron chi connectivity index (χ2n) is 7.83. The van der Waals surface area contributed by atoms with Crippen LogP contribution in [0.4, 0.5) is 0 Å². The van der Waals surface area contributed by atoms with E-state index in [9.17, 15) is 9.59 Å². The summed E-state index contributed by atoms with van der Waals surface area (Å²) in [6, 6.07) is 11.4. The third-order valence-corrected chi connectivity index (χ3v) is 5.82. The molecule has 0 spiro atoms. The van der Waals surface area contributed by atoms with E-state index in [4.69, 9.17) is 4.52 Å². The Labute approximate surface area is 165 Å². The van der Waals surface area contributed by atoms with Crippen molar-refractivity contribution in [2.24, 2.45) is 5.92 Å². The summed E-state index contributed by atoms with van der Waals surface area (Å²) in [4.78, 5) is 29.0. The standard InChI is InChI=1S/C22H27N3O3/c26-21(24-12-4-5-13-24)11-10-17-7-6-14-25(16-17)22(27)19-15-20(28-23-19)18-8-2-1-3-9-18/h1-3,8-9,15,17H,4-7,10-14,16H2/t17-/m0/s1. The Morgan fingerprint density at radius 1 is 1.04 bits per heavy atom. The van der Waals surface area contributed by atoms with Gasteiger partial charge in [0.05, 0.1) is 0 Å². The normalized spacial score (nSPS) is 19.8. The number of hydrogen-bond acceptors (Lipinski definition) is 4. The molecule has 0 unspecified atom stereocenters. The van der Waals surface area contributed by atoms with Crippen molar-refractivity contribution >= 4 is 11.8 Å². The van der Waals surface area contributed by atoms with E-state index in [1.807, 2.05) is 40.1 Å². The number of carbonyl (C=O) groups excluding carboxylic acids is 2. The Morgan fingerprint density at radius 2 is 1.79 bits per heavy atom. The molecule has 0 radical (unpaired) electrons. The zero-order valence-corrected chi connectivity index (χ0v) is 16.2. The topological polar surface area (TPSA) is 66.7 Å². The molecule has 1 atom stereocenters. The number of rotatable bonds is 5. The summed E-state index contributed by atoms with van der Waals surface area (Å²) >= 11 is 0. The van der Waals surface area contributed by atoms with Crippen LogP contribution in [0.25, 0.3) is 11.3 Å². The highest BCUT2D eigenvalue weighted by molar-refractivity contribution is 5.93. The van der Waals surface area contributed by atoms with Crippen LogP contribution < -0.4 is 0 Å². The molecule has 2 saturated heterocycles. The fraction of sp³-hybridized carbons (Fsp3) is 0.500. The predicted octanol–water partition coefficient (Wildman–Crippen LogP) is 3.60. The van der Waals surface area contributed by atoms with Gasteiger partial charge in [0.25, 0.3) is 5.91 Å². The summed E-state index contributed by atoms with van der Waals surface area (Å²) in [7, 11) is 0. The summed E-state index contributed by atoms with van der Waals surface area (Å²) in [5.74, 6) is 1.17. The van der Waals surface area contributed by atoms with Crippen molar-refractivity contribution in [3.8, 4) is 11.3 Å². The molecule has 0 N–H and O–H groups in total. The van der Waals surface area contributed by atoms with E-state index >= 15 is 0 Å². The molecule has 28 heavy (non-hydrogen) atoms. The lowest BCUT2D eigenvalue weighted by Gasteiger charge is -2.32. The van der Waals surface area contributed by atoms with Crippen molar-refractivity contribution in [1.29, 1.82) is 0 Å². The molecular weight excluding hydrogens is 354 g/mol. The highest BCUT2D eigenvalue weighted by Gasteiger charge is 2.27. The van der Waals surface area contributed by atoms with E-state index in [0.29, 0.717) is 30.3 Å². The van der Waals surface area contributed by atoms with Gasteiger partial charge in [0.1, 0.15) is 0 Å². The maximum absolute atomic E-state index is 12.9. The second kappa shape index (κ2) is 8.59. The zero-order chi connectivity index (χ0) is 19.3. The molecule has 0 aliphatic carbocycles. The van der Waals surface area contributed by atoms with Gasteiger partial charge in [-0.05, 0) is 38.0 Å². The van der Waals surface area contributed by atoms with Crippen molar-refractivity contribution in [1.82, 2.24) is 15.0 Å². The summed E-state index contributed by atoms with van der Waals surface area (Å²) in [6.45, 7) is 3.25. The van der Waals surface area contributed by atoms with Crippen molar-refractivity contribution in [2.45, 2.75) is 38.5 Å². The third kappa shape index (κ3) is 4.26. The molecule has 1 aromatic heterocycles. The van der Waals surface area contributed by atoms with Crippen LogP contribution in [-0.2, 0) is 4.79 Å². The van der Waals surface area contributed by atoms with Crippen molar-refractivity contribution in [2.75, 3.05) is 26.2 Å². The average molecular weight is 381 g/mol. The Kier molecular flexibility index (Phi) is 5.74. The molecule has 3 heterocycles. The molecule has 0 saturated carbocycles. The van der Waals surface area contributed by atoms with Crippen LogP contribution in [0, 0.1) is 5.92 Å². The molecule has 2 aliphatic rings. The van der Waals surface area contributed by atoms with Crippen molar-refractivity contribution < 1.29 is 14.1 Å². The molecule has 2 aliphatic heterocycles. The summed E-state index contributed by atoms with van der Waals surface area (Å²) in [6.07, 6.45) is 5.74. The molecule has 6 heteroatoms. The summed E-state index contributed by atoms with van der Waals surface area (Å²) in [5, 5.41) is 3.99. The predicted molar refractivity (Wildman–Crippen MR) is 106 cm³/mol. The zero-order valence-electron chi connectivity index (χ0n) is 16.2. The van der Waals surface area contributed by atoms with Gasteiger partial charge in [0, 0.05) is 44.2 Å². The maximum atomic E-state index is 12.9. The highest BCUT2D eigenvalue weighted by atomic mass is 16.5. The lowest BCUT2D eigenvalue weighted by Crippen LogP contribution is -2.40. The van der Waals surface area contributed by atoms with Gasteiger partial charge in [0.15, 0.2) is 11.5 Å². The van der Waals surface area contributed by atoms with Crippen molar-refractivity contribution in [3.63, 3.8) is 0 Å². The number of benzene rings is 1. The van der Waals surface area contributed by atoms with Gasteiger partial charge in [-0.25, -0.2) is 0 Å². The first-order valence-corrected chi connectivity index (χ1v) is 10.3. The molecule has 148 valence electrons. The van der Waals surface area contributed by atoms with Crippen LogP contribution in [0.3, 0.4) is 0 Å². The first-order chi connectivity index (χ1) is 13.7. The van der Waals surface area contributed by atoms with Crippen LogP contribution in [-0.4, -0.2) is 52.9 Å². The minimum absolute atomic E-state index is 0.0819.